The van der Waals surface area contributed by atoms with Crippen LogP contribution < -0.4 is 5.73 Å². The van der Waals surface area contributed by atoms with Gasteiger partial charge in [-0.25, -0.2) is 0 Å². The second kappa shape index (κ2) is 7.27. The topological polar surface area (TPSA) is 29.3 Å². The molecule has 1 aromatic carbocycles. The van der Waals surface area contributed by atoms with Crippen LogP contribution in [-0.2, 0) is 0 Å². The highest BCUT2D eigenvalue weighted by molar-refractivity contribution is 9.10. The smallest absolute Gasteiger partial charge is 0.0507 e. The maximum absolute atomic E-state index is 6.22. The average Bonchev–Trinajstić information content (AvgIpc) is 2.33. The molecule has 2 N–H and O–H groups in total. The van der Waals surface area contributed by atoms with Crippen molar-refractivity contribution in [2.75, 3.05) is 7.05 Å². The van der Waals surface area contributed by atoms with Gasteiger partial charge in [0.1, 0.15) is 0 Å². The van der Waals surface area contributed by atoms with Crippen molar-refractivity contribution < 1.29 is 0 Å². The van der Waals surface area contributed by atoms with E-state index >= 15 is 0 Å². The van der Waals surface area contributed by atoms with E-state index in [0.717, 1.165) is 17.3 Å². The van der Waals surface area contributed by atoms with E-state index in [-0.39, 0.29) is 12.1 Å². The summed E-state index contributed by atoms with van der Waals surface area (Å²) in [6.45, 7) is 6.56. The van der Waals surface area contributed by atoms with Crippen molar-refractivity contribution in [2.45, 2.75) is 51.7 Å². The molecular weight excluding hydrogens is 288 g/mol. The third-order valence-corrected chi connectivity index (χ3v) is 4.40. The molecule has 3 heteroatoms. The van der Waals surface area contributed by atoms with Crippen molar-refractivity contribution in [3.8, 4) is 0 Å². The lowest BCUT2D eigenvalue weighted by atomic mass is 9.97. The van der Waals surface area contributed by atoms with Gasteiger partial charge in [0.05, 0.1) is 6.04 Å². The second-order valence-electron chi connectivity index (χ2n) is 4.96. The summed E-state index contributed by atoms with van der Waals surface area (Å²) in [4.78, 5) is 2.42. The molecule has 1 aromatic rings. The summed E-state index contributed by atoms with van der Waals surface area (Å²) >= 11 is 3.64. The lowest BCUT2D eigenvalue weighted by Crippen LogP contribution is -2.42. The van der Waals surface area contributed by atoms with Gasteiger partial charge in [0.25, 0.3) is 0 Å². The van der Waals surface area contributed by atoms with Crippen LogP contribution in [0.1, 0.15) is 45.2 Å². The van der Waals surface area contributed by atoms with Crippen LogP contribution in [0.15, 0.2) is 28.7 Å². The van der Waals surface area contributed by atoms with Gasteiger partial charge >= 0.3 is 0 Å². The van der Waals surface area contributed by atoms with Crippen LogP contribution in [0.25, 0.3) is 0 Å². The molecule has 0 saturated carbocycles. The summed E-state index contributed by atoms with van der Waals surface area (Å²) in [5.41, 5.74) is 7.50. The third kappa shape index (κ3) is 3.56. The van der Waals surface area contributed by atoms with Gasteiger partial charge in [-0.1, -0.05) is 48.0 Å². The molecule has 102 valence electrons. The molecule has 2 nitrogen and oxygen atoms in total. The molecule has 1 rings (SSSR count). The molecule has 18 heavy (non-hydrogen) atoms. The molecule has 0 aromatic heterocycles. The minimum Gasteiger partial charge on any atom is -0.326 e. The maximum atomic E-state index is 6.22. The van der Waals surface area contributed by atoms with Gasteiger partial charge in [0, 0.05) is 16.6 Å². The van der Waals surface area contributed by atoms with Crippen molar-refractivity contribution in [2.24, 2.45) is 5.73 Å². The van der Waals surface area contributed by atoms with Gasteiger partial charge in [-0.2, -0.15) is 0 Å². The Kier molecular flexibility index (Phi) is 6.33. The van der Waals surface area contributed by atoms with Crippen LogP contribution in [0.3, 0.4) is 0 Å². The first-order valence-electron chi connectivity index (χ1n) is 6.74. The number of rotatable bonds is 6. The Hall–Kier alpha value is -0.380. The molecule has 0 radical (unpaired) electrons. The van der Waals surface area contributed by atoms with Crippen LogP contribution in [0.2, 0.25) is 0 Å². The van der Waals surface area contributed by atoms with Crippen LogP contribution in [0.5, 0.6) is 0 Å². The fourth-order valence-corrected chi connectivity index (χ4v) is 3.20. The number of nitrogens with zero attached hydrogens (tertiary/aromatic N) is 1. The highest BCUT2D eigenvalue weighted by Crippen LogP contribution is 2.31. The zero-order valence-corrected chi connectivity index (χ0v) is 13.4. The average molecular weight is 313 g/mol. The fourth-order valence-electron chi connectivity index (χ4n) is 2.68. The first kappa shape index (κ1) is 15.7. The Morgan fingerprint density at radius 3 is 2.22 bits per heavy atom. The Balaban J connectivity index is 3.07. The minimum absolute atomic E-state index is 0.106. The molecule has 0 amide bonds. The highest BCUT2D eigenvalue weighted by atomic mass is 79.9. The lowest BCUT2D eigenvalue weighted by Gasteiger charge is -2.37. The van der Waals surface area contributed by atoms with Gasteiger partial charge < -0.3 is 5.73 Å². The third-order valence-electron chi connectivity index (χ3n) is 3.68. The predicted molar refractivity (Wildman–Crippen MR) is 82.7 cm³/mol. The summed E-state index contributed by atoms with van der Waals surface area (Å²) < 4.78 is 1.14. The maximum Gasteiger partial charge on any atom is 0.0507 e. The molecule has 2 unspecified atom stereocenters. The molecular formula is C15H25BrN2. The standard InChI is InChI=1S/C15H25BrN2/c1-5-12(6-2)18(4)15(11(3)17)13-9-7-8-10-14(13)16/h7-12,15H,5-6,17H2,1-4H3. The summed E-state index contributed by atoms with van der Waals surface area (Å²) in [7, 11) is 2.19. The Labute approximate surface area is 120 Å². The molecule has 0 bridgehead atoms. The van der Waals surface area contributed by atoms with Crippen LogP contribution in [0, 0.1) is 0 Å². The molecule has 2 atom stereocenters. The normalized spacial score (nSPS) is 15.1. The van der Waals surface area contributed by atoms with Gasteiger partial charge in [-0.3, -0.25) is 4.90 Å². The monoisotopic (exact) mass is 312 g/mol. The van der Waals surface area contributed by atoms with Crippen molar-refractivity contribution >= 4 is 15.9 Å². The number of halogens is 1. The van der Waals surface area contributed by atoms with Crippen molar-refractivity contribution in [3.63, 3.8) is 0 Å². The number of likely N-dealkylation sites (N-methyl/N-ethyl adjacent to an activating group) is 1. The summed E-state index contributed by atoms with van der Waals surface area (Å²) in [6.07, 6.45) is 2.31. The molecule has 0 aliphatic heterocycles. The van der Waals surface area contributed by atoms with Crippen LogP contribution >= 0.6 is 15.9 Å². The Morgan fingerprint density at radius 1 is 1.22 bits per heavy atom. The van der Waals surface area contributed by atoms with E-state index in [4.69, 9.17) is 5.73 Å². The van der Waals surface area contributed by atoms with E-state index in [2.05, 4.69) is 66.8 Å². The van der Waals surface area contributed by atoms with Crippen LogP contribution in [0.4, 0.5) is 0 Å². The first-order valence-corrected chi connectivity index (χ1v) is 7.54. The second-order valence-corrected chi connectivity index (χ2v) is 5.82. The molecule has 0 fully saturated rings. The SMILES string of the molecule is CCC(CC)N(C)C(c1ccccc1Br)C(C)N. The summed E-state index contributed by atoms with van der Waals surface area (Å²) in [6, 6.07) is 9.31. The minimum atomic E-state index is 0.106. The van der Waals surface area contributed by atoms with E-state index < -0.39 is 0 Å². The number of nitrogens with two attached hydrogens (primary N) is 1. The number of hydrogen-bond acceptors (Lipinski definition) is 2. The Morgan fingerprint density at radius 2 is 1.78 bits per heavy atom. The lowest BCUT2D eigenvalue weighted by molar-refractivity contribution is 0.146. The number of hydrogen-bond donors (Lipinski definition) is 1. The summed E-state index contributed by atoms with van der Waals surface area (Å²) in [5.74, 6) is 0. The van der Waals surface area contributed by atoms with E-state index in [1.807, 2.05) is 6.07 Å². The molecule has 0 spiro atoms. The van der Waals surface area contributed by atoms with Crippen molar-refractivity contribution in [1.29, 1.82) is 0 Å². The van der Waals surface area contributed by atoms with Gasteiger partial charge in [-0.15, -0.1) is 0 Å². The van der Waals surface area contributed by atoms with Crippen molar-refractivity contribution in [3.05, 3.63) is 34.3 Å². The van der Waals surface area contributed by atoms with Crippen molar-refractivity contribution in [1.82, 2.24) is 4.90 Å². The van der Waals surface area contributed by atoms with Gasteiger partial charge in [-0.05, 0) is 38.4 Å². The zero-order valence-electron chi connectivity index (χ0n) is 11.9. The van der Waals surface area contributed by atoms with Gasteiger partial charge in [0.15, 0.2) is 0 Å². The molecule has 0 heterocycles. The number of benzene rings is 1. The molecule has 0 aliphatic carbocycles. The van der Waals surface area contributed by atoms with E-state index in [9.17, 15) is 0 Å². The molecule has 0 saturated heterocycles. The first-order chi connectivity index (χ1) is 8.52. The molecule has 0 aliphatic rings. The summed E-state index contributed by atoms with van der Waals surface area (Å²) in [5, 5.41) is 0. The van der Waals surface area contributed by atoms with E-state index in [1.165, 1.54) is 5.56 Å². The van der Waals surface area contributed by atoms with Crippen LogP contribution in [-0.4, -0.2) is 24.0 Å². The van der Waals surface area contributed by atoms with Gasteiger partial charge in [0.2, 0.25) is 0 Å². The zero-order chi connectivity index (χ0) is 13.7. The fraction of sp³-hybridized carbons (Fsp3) is 0.600. The Bertz CT molecular complexity index is 361. The highest BCUT2D eigenvalue weighted by Gasteiger charge is 2.26. The predicted octanol–water partition coefficient (Wildman–Crippen LogP) is 3.96. The van der Waals surface area contributed by atoms with E-state index in [0.29, 0.717) is 6.04 Å². The quantitative estimate of drug-likeness (QED) is 0.861. The largest absolute Gasteiger partial charge is 0.326 e. The van der Waals surface area contributed by atoms with E-state index in [1.54, 1.807) is 0 Å².